The van der Waals surface area contributed by atoms with Crippen molar-refractivity contribution in [1.29, 1.82) is 0 Å². The molecule has 1 aromatic heterocycles. The first kappa shape index (κ1) is 12.9. The van der Waals surface area contributed by atoms with E-state index in [1.807, 2.05) is 12.4 Å². The van der Waals surface area contributed by atoms with E-state index < -0.39 is 0 Å². The van der Waals surface area contributed by atoms with Gasteiger partial charge in [-0.15, -0.1) is 0 Å². The van der Waals surface area contributed by atoms with Crippen LogP contribution >= 0.6 is 0 Å². The zero-order valence-corrected chi connectivity index (χ0v) is 10.7. The van der Waals surface area contributed by atoms with Crippen LogP contribution in [0.3, 0.4) is 0 Å². The topological polar surface area (TPSA) is 25.8 Å². The summed E-state index contributed by atoms with van der Waals surface area (Å²) >= 11 is 0. The fraction of sp³-hybridized carbons (Fsp3) is 0.571. The smallest absolute Gasteiger partial charge is 0.0530 e. The molecule has 0 aliphatic heterocycles. The summed E-state index contributed by atoms with van der Waals surface area (Å²) in [4.78, 5) is 0. The summed E-state index contributed by atoms with van der Waals surface area (Å²) in [7, 11) is 0. The molecular weight excluding hydrogens is 196 g/mol. The van der Waals surface area contributed by atoms with Crippen LogP contribution in [0.25, 0.3) is 0 Å². The van der Waals surface area contributed by atoms with Gasteiger partial charge in [0.15, 0.2) is 0 Å². The third-order valence-electron chi connectivity index (χ3n) is 2.74. The molecule has 2 heteroatoms. The van der Waals surface area contributed by atoms with Crippen molar-refractivity contribution in [1.82, 2.24) is 10.2 Å². The Morgan fingerprint density at radius 2 is 1.88 bits per heavy atom. The standard InChI is InChI=1S/C14H22N2/c1-12(2)8-6-4-5-7-9-14-11-16-15-10-13(14)3/h8,10-11H,4-7,9H2,1-3H3. The van der Waals surface area contributed by atoms with Crippen molar-refractivity contribution in [2.75, 3.05) is 0 Å². The van der Waals surface area contributed by atoms with E-state index in [0.717, 1.165) is 6.42 Å². The van der Waals surface area contributed by atoms with Crippen molar-refractivity contribution in [3.8, 4) is 0 Å². The molecule has 0 aliphatic rings. The minimum absolute atomic E-state index is 1.14. The fourth-order valence-corrected chi connectivity index (χ4v) is 1.70. The lowest BCUT2D eigenvalue weighted by molar-refractivity contribution is 0.681. The van der Waals surface area contributed by atoms with Gasteiger partial charge in [0, 0.05) is 0 Å². The second-order valence-corrected chi connectivity index (χ2v) is 4.58. The van der Waals surface area contributed by atoms with Crippen molar-refractivity contribution >= 4 is 0 Å². The van der Waals surface area contributed by atoms with Crippen molar-refractivity contribution in [2.45, 2.75) is 52.9 Å². The monoisotopic (exact) mass is 218 g/mol. The van der Waals surface area contributed by atoms with Gasteiger partial charge in [-0.1, -0.05) is 18.1 Å². The zero-order valence-electron chi connectivity index (χ0n) is 10.7. The van der Waals surface area contributed by atoms with Crippen LogP contribution in [0.15, 0.2) is 24.0 Å². The lowest BCUT2D eigenvalue weighted by atomic mass is 10.0. The molecule has 1 aromatic rings. The Balaban J connectivity index is 2.17. The molecule has 1 rings (SSSR count). The SMILES string of the molecule is CC(C)=CCCCCCc1cnncc1C. The van der Waals surface area contributed by atoms with E-state index in [0.29, 0.717) is 0 Å². The first-order valence-electron chi connectivity index (χ1n) is 6.09. The Morgan fingerprint density at radius 3 is 2.56 bits per heavy atom. The maximum atomic E-state index is 3.92. The number of aromatic nitrogens is 2. The minimum Gasteiger partial charge on any atom is -0.159 e. The Morgan fingerprint density at radius 1 is 1.12 bits per heavy atom. The van der Waals surface area contributed by atoms with Gasteiger partial charge < -0.3 is 0 Å². The van der Waals surface area contributed by atoms with Crippen LogP contribution in [-0.4, -0.2) is 10.2 Å². The molecular formula is C14H22N2. The first-order valence-corrected chi connectivity index (χ1v) is 6.09. The summed E-state index contributed by atoms with van der Waals surface area (Å²) < 4.78 is 0. The molecule has 1 heterocycles. The first-order chi connectivity index (χ1) is 7.70. The largest absolute Gasteiger partial charge is 0.159 e. The van der Waals surface area contributed by atoms with Crippen LogP contribution in [-0.2, 0) is 6.42 Å². The number of allylic oxidation sites excluding steroid dienone is 2. The van der Waals surface area contributed by atoms with Crippen LogP contribution < -0.4 is 0 Å². The molecule has 0 spiro atoms. The van der Waals surface area contributed by atoms with Crippen molar-refractivity contribution in [2.24, 2.45) is 0 Å². The van der Waals surface area contributed by atoms with Gasteiger partial charge >= 0.3 is 0 Å². The number of nitrogens with zero attached hydrogens (tertiary/aromatic N) is 2. The van der Waals surface area contributed by atoms with Crippen LogP contribution in [0.4, 0.5) is 0 Å². The highest BCUT2D eigenvalue weighted by Gasteiger charge is 1.97. The number of unbranched alkanes of at least 4 members (excludes halogenated alkanes) is 3. The molecule has 88 valence electrons. The average Bonchev–Trinajstić information content (AvgIpc) is 2.25. The van der Waals surface area contributed by atoms with E-state index in [-0.39, 0.29) is 0 Å². The molecule has 0 bridgehead atoms. The molecule has 16 heavy (non-hydrogen) atoms. The molecule has 2 nitrogen and oxygen atoms in total. The number of rotatable bonds is 6. The Hall–Kier alpha value is -1.18. The molecule has 0 N–H and O–H groups in total. The molecule has 0 saturated heterocycles. The lowest BCUT2D eigenvalue weighted by Gasteiger charge is -2.03. The second kappa shape index (κ2) is 7.15. The molecule has 0 aliphatic carbocycles. The Labute approximate surface area is 98.8 Å². The van der Waals surface area contributed by atoms with Gasteiger partial charge in [-0.05, 0) is 57.6 Å². The normalized spacial score (nSPS) is 10.2. The van der Waals surface area contributed by atoms with Gasteiger partial charge in [0.05, 0.1) is 12.4 Å². The predicted octanol–water partition coefficient (Wildman–Crippen LogP) is 3.85. The van der Waals surface area contributed by atoms with E-state index >= 15 is 0 Å². The molecule has 0 fully saturated rings. The van der Waals surface area contributed by atoms with Gasteiger partial charge in [-0.3, -0.25) is 0 Å². The fourth-order valence-electron chi connectivity index (χ4n) is 1.70. The summed E-state index contributed by atoms with van der Waals surface area (Å²) in [5.41, 5.74) is 4.03. The van der Waals surface area contributed by atoms with Gasteiger partial charge in [0.25, 0.3) is 0 Å². The maximum Gasteiger partial charge on any atom is 0.0530 e. The van der Waals surface area contributed by atoms with Crippen molar-refractivity contribution in [3.63, 3.8) is 0 Å². The van der Waals surface area contributed by atoms with Crippen LogP contribution in [0.5, 0.6) is 0 Å². The molecule has 0 aromatic carbocycles. The van der Waals surface area contributed by atoms with Gasteiger partial charge in [0.2, 0.25) is 0 Å². The third-order valence-corrected chi connectivity index (χ3v) is 2.74. The van der Waals surface area contributed by atoms with Crippen LogP contribution in [0.1, 0.15) is 50.7 Å². The molecule has 0 unspecified atom stereocenters. The zero-order chi connectivity index (χ0) is 11.8. The number of hydrogen-bond donors (Lipinski definition) is 0. The predicted molar refractivity (Wildman–Crippen MR) is 68.4 cm³/mol. The summed E-state index contributed by atoms with van der Waals surface area (Å²) in [5, 5.41) is 7.79. The van der Waals surface area contributed by atoms with Gasteiger partial charge in [-0.25, -0.2) is 0 Å². The van der Waals surface area contributed by atoms with E-state index in [1.165, 1.54) is 42.4 Å². The average molecular weight is 218 g/mol. The third kappa shape index (κ3) is 5.06. The van der Waals surface area contributed by atoms with Gasteiger partial charge in [0.1, 0.15) is 0 Å². The summed E-state index contributed by atoms with van der Waals surface area (Å²) in [5.74, 6) is 0. The highest BCUT2D eigenvalue weighted by atomic mass is 15.1. The molecule has 0 radical (unpaired) electrons. The quantitative estimate of drug-likeness (QED) is 0.535. The summed E-state index contributed by atoms with van der Waals surface area (Å²) in [6.07, 6.45) is 12.3. The number of hydrogen-bond acceptors (Lipinski definition) is 2. The van der Waals surface area contributed by atoms with E-state index in [1.54, 1.807) is 0 Å². The Kier molecular flexibility index (Phi) is 5.76. The minimum atomic E-state index is 1.14. The van der Waals surface area contributed by atoms with Gasteiger partial charge in [-0.2, -0.15) is 10.2 Å². The highest BCUT2D eigenvalue weighted by Crippen LogP contribution is 2.10. The van der Waals surface area contributed by atoms with Crippen molar-refractivity contribution < 1.29 is 0 Å². The van der Waals surface area contributed by atoms with E-state index in [4.69, 9.17) is 0 Å². The summed E-state index contributed by atoms with van der Waals surface area (Å²) in [6, 6.07) is 0. The van der Waals surface area contributed by atoms with E-state index in [9.17, 15) is 0 Å². The molecule has 0 amide bonds. The molecule has 0 atom stereocenters. The van der Waals surface area contributed by atoms with E-state index in [2.05, 4.69) is 37.0 Å². The Bertz CT molecular complexity index is 338. The van der Waals surface area contributed by atoms with Crippen LogP contribution in [0.2, 0.25) is 0 Å². The number of aryl methyl sites for hydroxylation is 2. The van der Waals surface area contributed by atoms with Crippen LogP contribution in [0, 0.1) is 6.92 Å². The lowest BCUT2D eigenvalue weighted by Crippen LogP contribution is -1.93. The maximum absolute atomic E-state index is 3.92. The highest BCUT2D eigenvalue weighted by molar-refractivity contribution is 5.18. The molecule has 0 saturated carbocycles. The second-order valence-electron chi connectivity index (χ2n) is 4.58. The summed E-state index contributed by atoms with van der Waals surface area (Å²) in [6.45, 7) is 6.42. The van der Waals surface area contributed by atoms with Crippen molar-refractivity contribution in [3.05, 3.63) is 35.2 Å².